The quantitative estimate of drug-likeness (QED) is 0.849. The highest BCUT2D eigenvalue weighted by atomic mass is 32.2. The standard InChI is InChI=1S/C18H23N3O2S/c1-13-4-6-14(7-5-13)16-12-24-9-8-21(16)11-15-10-19(2)18(23)20(3)17(15)22/h4-7,10,16H,8-9,11-12H2,1-3H3/t16-/m1/s1. The summed E-state index contributed by atoms with van der Waals surface area (Å²) in [5.74, 6) is 2.09. The van der Waals surface area contributed by atoms with Crippen LogP contribution in [0.25, 0.3) is 0 Å². The first-order chi connectivity index (χ1) is 11.5. The van der Waals surface area contributed by atoms with Crippen molar-refractivity contribution < 1.29 is 0 Å². The van der Waals surface area contributed by atoms with E-state index in [-0.39, 0.29) is 11.2 Å². The first-order valence-corrected chi connectivity index (χ1v) is 9.26. The highest BCUT2D eigenvalue weighted by molar-refractivity contribution is 7.99. The van der Waals surface area contributed by atoms with Crippen LogP contribution >= 0.6 is 11.8 Å². The number of aromatic nitrogens is 2. The van der Waals surface area contributed by atoms with Crippen molar-refractivity contribution in [1.29, 1.82) is 0 Å². The Hall–Kier alpha value is -1.79. The van der Waals surface area contributed by atoms with Gasteiger partial charge in [-0.05, 0) is 12.5 Å². The number of hydrogen-bond donors (Lipinski definition) is 0. The second kappa shape index (κ2) is 6.99. The third kappa shape index (κ3) is 3.35. The van der Waals surface area contributed by atoms with Crippen LogP contribution in [0.4, 0.5) is 0 Å². The van der Waals surface area contributed by atoms with E-state index in [0.29, 0.717) is 18.2 Å². The maximum atomic E-state index is 12.4. The molecule has 0 saturated carbocycles. The molecule has 6 heteroatoms. The molecular formula is C18H23N3O2S. The fraction of sp³-hybridized carbons (Fsp3) is 0.444. The van der Waals surface area contributed by atoms with Gasteiger partial charge in [-0.15, -0.1) is 0 Å². The van der Waals surface area contributed by atoms with E-state index in [1.165, 1.54) is 27.3 Å². The van der Waals surface area contributed by atoms with Gasteiger partial charge in [-0.3, -0.25) is 14.3 Å². The van der Waals surface area contributed by atoms with E-state index >= 15 is 0 Å². The molecule has 24 heavy (non-hydrogen) atoms. The van der Waals surface area contributed by atoms with Crippen molar-refractivity contribution in [1.82, 2.24) is 14.0 Å². The lowest BCUT2D eigenvalue weighted by molar-refractivity contribution is 0.210. The molecule has 0 N–H and O–H groups in total. The van der Waals surface area contributed by atoms with Crippen molar-refractivity contribution in [3.63, 3.8) is 0 Å². The predicted octanol–water partition coefficient (Wildman–Crippen LogP) is 1.68. The van der Waals surface area contributed by atoms with Crippen LogP contribution < -0.4 is 11.2 Å². The summed E-state index contributed by atoms with van der Waals surface area (Å²) in [6, 6.07) is 8.93. The van der Waals surface area contributed by atoms with E-state index in [0.717, 1.165) is 18.1 Å². The molecule has 0 spiro atoms. The van der Waals surface area contributed by atoms with Crippen LogP contribution in [0.1, 0.15) is 22.7 Å². The fourth-order valence-corrected chi connectivity index (χ4v) is 4.29. The van der Waals surface area contributed by atoms with E-state index in [4.69, 9.17) is 0 Å². The maximum absolute atomic E-state index is 12.4. The summed E-state index contributed by atoms with van der Waals surface area (Å²) in [5.41, 5.74) is 2.73. The molecule has 2 heterocycles. The van der Waals surface area contributed by atoms with Gasteiger partial charge in [-0.2, -0.15) is 11.8 Å². The Morgan fingerprint density at radius 2 is 1.88 bits per heavy atom. The van der Waals surface area contributed by atoms with Gasteiger partial charge < -0.3 is 4.57 Å². The molecule has 2 aromatic rings. The molecule has 1 atom stereocenters. The molecule has 1 aromatic heterocycles. The molecule has 128 valence electrons. The van der Waals surface area contributed by atoms with Crippen LogP contribution in [0.3, 0.4) is 0 Å². The van der Waals surface area contributed by atoms with Crippen molar-refractivity contribution in [2.24, 2.45) is 14.1 Å². The minimum absolute atomic E-state index is 0.195. The van der Waals surface area contributed by atoms with Crippen LogP contribution in [-0.2, 0) is 20.6 Å². The summed E-state index contributed by atoms with van der Waals surface area (Å²) < 4.78 is 2.67. The molecule has 0 radical (unpaired) electrons. The molecule has 0 unspecified atom stereocenters. The van der Waals surface area contributed by atoms with Crippen LogP contribution in [0.15, 0.2) is 40.1 Å². The lowest BCUT2D eigenvalue weighted by Gasteiger charge is -2.35. The zero-order valence-electron chi connectivity index (χ0n) is 14.4. The molecule has 1 saturated heterocycles. The van der Waals surface area contributed by atoms with Crippen LogP contribution in [0, 0.1) is 6.92 Å². The van der Waals surface area contributed by atoms with Crippen molar-refractivity contribution in [2.75, 3.05) is 18.1 Å². The van der Waals surface area contributed by atoms with E-state index in [9.17, 15) is 9.59 Å². The summed E-state index contributed by atoms with van der Waals surface area (Å²) in [7, 11) is 3.23. The highest BCUT2D eigenvalue weighted by Gasteiger charge is 2.25. The van der Waals surface area contributed by atoms with E-state index in [1.807, 2.05) is 11.8 Å². The smallest absolute Gasteiger partial charge is 0.303 e. The van der Waals surface area contributed by atoms with Crippen LogP contribution in [-0.4, -0.2) is 32.1 Å². The zero-order valence-corrected chi connectivity index (χ0v) is 15.2. The Labute approximate surface area is 145 Å². The summed E-state index contributed by atoms with van der Waals surface area (Å²) in [5, 5.41) is 0. The molecule has 0 bridgehead atoms. The topological polar surface area (TPSA) is 47.2 Å². The monoisotopic (exact) mass is 345 g/mol. The predicted molar refractivity (Wildman–Crippen MR) is 98.6 cm³/mol. The number of benzene rings is 1. The number of nitrogens with zero attached hydrogens (tertiary/aromatic N) is 3. The third-order valence-corrected chi connectivity index (χ3v) is 5.62. The average Bonchev–Trinajstić information content (AvgIpc) is 2.59. The first-order valence-electron chi connectivity index (χ1n) is 8.11. The summed E-state index contributed by atoms with van der Waals surface area (Å²) in [4.78, 5) is 26.6. The molecule has 5 nitrogen and oxygen atoms in total. The molecule has 1 aliphatic heterocycles. The average molecular weight is 345 g/mol. The van der Waals surface area contributed by atoms with Gasteiger partial charge in [-0.25, -0.2) is 4.79 Å². The Morgan fingerprint density at radius 3 is 2.58 bits per heavy atom. The maximum Gasteiger partial charge on any atom is 0.330 e. The van der Waals surface area contributed by atoms with Gasteiger partial charge >= 0.3 is 5.69 Å². The van der Waals surface area contributed by atoms with Gasteiger partial charge in [0.2, 0.25) is 0 Å². The Bertz CT molecular complexity index is 839. The van der Waals surface area contributed by atoms with Crippen molar-refractivity contribution in [2.45, 2.75) is 19.5 Å². The molecule has 3 rings (SSSR count). The minimum atomic E-state index is -0.284. The Kier molecular flexibility index (Phi) is 4.96. The molecule has 0 amide bonds. The van der Waals surface area contributed by atoms with Crippen molar-refractivity contribution in [3.05, 3.63) is 68.0 Å². The Balaban J connectivity index is 1.91. The summed E-state index contributed by atoms with van der Waals surface area (Å²) >= 11 is 1.95. The van der Waals surface area contributed by atoms with Gasteiger partial charge in [0.25, 0.3) is 5.56 Å². The van der Waals surface area contributed by atoms with Crippen molar-refractivity contribution >= 4 is 11.8 Å². The number of thioether (sulfide) groups is 1. The van der Waals surface area contributed by atoms with E-state index in [1.54, 1.807) is 13.2 Å². The van der Waals surface area contributed by atoms with E-state index < -0.39 is 0 Å². The van der Waals surface area contributed by atoms with Crippen molar-refractivity contribution in [3.8, 4) is 0 Å². The molecule has 0 aliphatic carbocycles. The largest absolute Gasteiger partial charge is 0.330 e. The van der Waals surface area contributed by atoms with Crippen LogP contribution in [0.2, 0.25) is 0 Å². The van der Waals surface area contributed by atoms with Gasteiger partial charge in [0, 0.05) is 56.5 Å². The molecule has 1 aromatic carbocycles. The second-order valence-electron chi connectivity index (χ2n) is 6.38. The van der Waals surface area contributed by atoms with Gasteiger partial charge in [0.05, 0.1) is 0 Å². The number of aryl methyl sites for hydroxylation is 2. The number of rotatable bonds is 3. The van der Waals surface area contributed by atoms with Gasteiger partial charge in [-0.1, -0.05) is 29.8 Å². The van der Waals surface area contributed by atoms with E-state index in [2.05, 4.69) is 36.1 Å². The zero-order chi connectivity index (χ0) is 17.3. The summed E-state index contributed by atoms with van der Waals surface area (Å²) in [6.07, 6.45) is 1.68. The molecule has 1 fully saturated rings. The lowest BCUT2D eigenvalue weighted by atomic mass is 10.0. The highest BCUT2D eigenvalue weighted by Crippen LogP contribution is 2.30. The minimum Gasteiger partial charge on any atom is -0.303 e. The normalized spacial score (nSPS) is 18.7. The SMILES string of the molecule is Cc1ccc([C@H]2CSCCN2Cc2cn(C)c(=O)n(C)c2=O)cc1. The van der Waals surface area contributed by atoms with Crippen LogP contribution in [0.5, 0.6) is 0 Å². The first kappa shape index (κ1) is 17.0. The second-order valence-corrected chi connectivity index (χ2v) is 7.53. The molecule has 1 aliphatic rings. The fourth-order valence-electron chi connectivity index (χ4n) is 3.13. The van der Waals surface area contributed by atoms with Gasteiger partial charge in [0.15, 0.2) is 0 Å². The lowest BCUT2D eigenvalue weighted by Crippen LogP contribution is -2.42. The third-order valence-electron chi connectivity index (χ3n) is 4.59. The number of hydrogen-bond acceptors (Lipinski definition) is 4. The van der Waals surface area contributed by atoms with Gasteiger partial charge in [0.1, 0.15) is 0 Å². The Morgan fingerprint density at radius 1 is 1.17 bits per heavy atom. The molecular weight excluding hydrogens is 322 g/mol. The summed E-state index contributed by atoms with van der Waals surface area (Å²) in [6.45, 7) is 3.60.